The first kappa shape index (κ1) is 16.8. The van der Waals surface area contributed by atoms with Crippen LogP contribution in [0.15, 0.2) is 60.7 Å². The lowest BCUT2D eigenvalue weighted by atomic mass is 10.1. The molecule has 0 spiro atoms. The number of phenolic OH excluding ortho intramolecular Hbond substituents is 1. The van der Waals surface area contributed by atoms with E-state index in [4.69, 9.17) is 0 Å². The Morgan fingerprint density at radius 2 is 1.48 bits per heavy atom. The molecule has 0 saturated carbocycles. The van der Waals surface area contributed by atoms with Gasteiger partial charge in [-0.3, -0.25) is 19.3 Å². The van der Waals surface area contributed by atoms with Gasteiger partial charge in [0.25, 0.3) is 11.8 Å². The van der Waals surface area contributed by atoms with Crippen molar-refractivity contribution >= 4 is 34.2 Å². The molecule has 1 heterocycles. The first-order chi connectivity index (χ1) is 13.1. The highest BCUT2D eigenvalue weighted by molar-refractivity contribution is 6.21. The van der Waals surface area contributed by atoms with Gasteiger partial charge in [0.15, 0.2) is 0 Å². The predicted octanol–water partition coefficient (Wildman–Crippen LogP) is 3.17. The van der Waals surface area contributed by atoms with E-state index < -0.39 is 0 Å². The summed E-state index contributed by atoms with van der Waals surface area (Å²) in [5, 5.41) is 14.1. The molecule has 1 aliphatic rings. The average molecular weight is 360 g/mol. The van der Waals surface area contributed by atoms with Crippen LogP contribution in [-0.2, 0) is 4.79 Å². The van der Waals surface area contributed by atoms with Gasteiger partial charge in [0.05, 0.1) is 11.1 Å². The van der Waals surface area contributed by atoms with Gasteiger partial charge >= 0.3 is 0 Å². The van der Waals surface area contributed by atoms with Crippen LogP contribution in [0.5, 0.6) is 5.75 Å². The number of benzene rings is 3. The van der Waals surface area contributed by atoms with Crippen molar-refractivity contribution in [1.82, 2.24) is 4.90 Å². The van der Waals surface area contributed by atoms with Crippen LogP contribution < -0.4 is 5.32 Å². The third kappa shape index (κ3) is 2.91. The molecule has 3 aromatic rings. The Labute approximate surface area is 155 Å². The molecule has 0 unspecified atom stereocenters. The van der Waals surface area contributed by atoms with Crippen LogP contribution >= 0.6 is 0 Å². The van der Waals surface area contributed by atoms with Gasteiger partial charge in [-0.25, -0.2) is 0 Å². The van der Waals surface area contributed by atoms with Crippen molar-refractivity contribution in [2.45, 2.75) is 6.42 Å². The molecule has 1 aliphatic heterocycles. The van der Waals surface area contributed by atoms with Gasteiger partial charge in [-0.2, -0.15) is 0 Å². The molecule has 134 valence electrons. The maximum Gasteiger partial charge on any atom is 0.261 e. The van der Waals surface area contributed by atoms with E-state index in [2.05, 4.69) is 5.32 Å². The van der Waals surface area contributed by atoms with Gasteiger partial charge < -0.3 is 10.4 Å². The number of phenols is 1. The second kappa shape index (κ2) is 6.57. The summed E-state index contributed by atoms with van der Waals surface area (Å²) >= 11 is 0. The van der Waals surface area contributed by atoms with Gasteiger partial charge in [-0.05, 0) is 24.3 Å². The van der Waals surface area contributed by atoms with E-state index >= 15 is 0 Å². The maximum atomic E-state index is 12.4. The third-order valence-corrected chi connectivity index (χ3v) is 4.61. The fourth-order valence-electron chi connectivity index (χ4n) is 3.27. The minimum absolute atomic E-state index is 0.00813. The monoisotopic (exact) mass is 360 g/mol. The molecule has 3 aromatic carbocycles. The molecule has 6 heteroatoms. The summed E-state index contributed by atoms with van der Waals surface area (Å²) in [6, 6.07) is 16.9. The van der Waals surface area contributed by atoms with Crippen LogP contribution in [0.3, 0.4) is 0 Å². The number of nitrogens with one attached hydrogen (secondary N) is 1. The summed E-state index contributed by atoms with van der Waals surface area (Å²) < 4.78 is 0. The van der Waals surface area contributed by atoms with E-state index in [1.165, 1.54) is 0 Å². The van der Waals surface area contributed by atoms with Crippen LogP contribution in [0.1, 0.15) is 27.1 Å². The third-order valence-electron chi connectivity index (χ3n) is 4.61. The molecule has 2 N–H and O–H groups in total. The zero-order valence-electron chi connectivity index (χ0n) is 14.3. The Hall–Kier alpha value is -3.67. The summed E-state index contributed by atoms with van der Waals surface area (Å²) in [4.78, 5) is 38.1. The summed E-state index contributed by atoms with van der Waals surface area (Å²) in [6.45, 7) is 0.00813. The molecule has 0 aliphatic carbocycles. The van der Waals surface area contributed by atoms with Gasteiger partial charge in [0, 0.05) is 29.4 Å². The second-order valence-electron chi connectivity index (χ2n) is 6.28. The Morgan fingerprint density at radius 3 is 2.19 bits per heavy atom. The van der Waals surface area contributed by atoms with Crippen LogP contribution in [0, 0.1) is 0 Å². The number of imide groups is 1. The van der Waals surface area contributed by atoms with Crippen LogP contribution in [-0.4, -0.2) is 34.3 Å². The van der Waals surface area contributed by atoms with Gasteiger partial charge in [0.2, 0.25) is 5.91 Å². The number of rotatable bonds is 4. The Kier molecular flexibility index (Phi) is 4.08. The molecule has 0 saturated heterocycles. The van der Waals surface area contributed by atoms with E-state index in [1.54, 1.807) is 60.7 Å². The number of carbonyl (C=O) groups excluding carboxylic acids is 3. The number of carbonyl (C=O) groups is 3. The zero-order chi connectivity index (χ0) is 19.0. The highest BCUT2D eigenvalue weighted by Crippen LogP contribution is 2.30. The maximum absolute atomic E-state index is 12.4. The predicted molar refractivity (Wildman–Crippen MR) is 101 cm³/mol. The van der Waals surface area contributed by atoms with Crippen molar-refractivity contribution in [3.05, 3.63) is 71.8 Å². The highest BCUT2D eigenvalue weighted by Gasteiger charge is 2.34. The largest absolute Gasteiger partial charge is 0.507 e. The van der Waals surface area contributed by atoms with Crippen LogP contribution in [0.2, 0.25) is 0 Å². The number of nitrogens with zero attached hydrogens (tertiary/aromatic N) is 1. The van der Waals surface area contributed by atoms with Crippen molar-refractivity contribution in [2.24, 2.45) is 0 Å². The number of anilines is 1. The molecule has 6 nitrogen and oxygen atoms in total. The van der Waals surface area contributed by atoms with Crippen LogP contribution in [0.25, 0.3) is 10.8 Å². The lowest BCUT2D eigenvalue weighted by Crippen LogP contribution is -2.32. The molecule has 0 bridgehead atoms. The topological polar surface area (TPSA) is 86.7 Å². The van der Waals surface area contributed by atoms with Crippen molar-refractivity contribution in [3.63, 3.8) is 0 Å². The minimum Gasteiger partial charge on any atom is -0.507 e. The summed E-state index contributed by atoms with van der Waals surface area (Å²) in [5.74, 6) is -0.936. The lowest BCUT2D eigenvalue weighted by molar-refractivity contribution is -0.116. The minimum atomic E-state index is -0.376. The fraction of sp³-hybridized carbons (Fsp3) is 0.0952. The molecule has 0 atom stereocenters. The molecular weight excluding hydrogens is 344 g/mol. The van der Waals surface area contributed by atoms with E-state index in [1.807, 2.05) is 0 Å². The first-order valence-electron chi connectivity index (χ1n) is 8.52. The lowest BCUT2D eigenvalue weighted by Gasteiger charge is -2.14. The van der Waals surface area contributed by atoms with Crippen LogP contribution in [0.4, 0.5) is 5.69 Å². The highest BCUT2D eigenvalue weighted by atomic mass is 16.3. The SMILES string of the molecule is O=C(CCN1C(=O)c2ccccc2C1=O)Nc1cccc2c(O)cccc12. The average Bonchev–Trinajstić information content (AvgIpc) is 2.92. The van der Waals surface area contributed by atoms with Crippen molar-refractivity contribution in [1.29, 1.82) is 0 Å². The van der Waals surface area contributed by atoms with Gasteiger partial charge in [-0.1, -0.05) is 36.4 Å². The van der Waals surface area contributed by atoms with Crippen molar-refractivity contribution in [2.75, 3.05) is 11.9 Å². The van der Waals surface area contributed by atoms with Crippen molar-refractivity contribution < 1.29 is 19.5 Å². The van der Waals surface area contributed by atoms with E-state index in [0.717, 1.165) is 4.90 Å². The van der Waals surface area contributed by atoms with Gasteiger partial charge in [0.1, 0.15) is 5.75 Å². The standard InChI is InChI=1S/C21H16N2O4/c24-18-10-4-7-13-14(18)8-3-9-17(13)22-19(25)11-12-23-20(26)15-5-1-2-6-16(15)21(23)27/h1-10,24H,11-12H2,(H,22,25). The number of aromatic hydroxyl groups is 1. The molecule has 3 amide bonds. The molecule has 4 rings (SSSR count). The first-order valence-corrected chi connectivity index (χ1v) is 8.52. The Balaban J connectivity index is 1.47. The molecule has 0 radical (unpaired) electrons. The number of amides is 3. The number of hydrogen-bond acceptors (Lipinski definition) is 4. The number of hydrogen-bond donors (Lipinski definition) is 2. The number of fused-ring (bicyclic) bond motifs is 2. The Bertz CT molecular complexity index is 1060. The second-order valence-corrected chi connectivity index (χ2v) is 6.28. The molecular formula is C21H16N2O4. The molecule has 0 fully saturated rings. The quantitative estimate of drug-likeness (QED) is 0.700. The molecule has 0 aromatic heterocycles. The Morgan fingerprint density at radius 1 is 0.852 bits per heavy atom. The van der Waals surface area contributed by atoms with Gasteiger partial charge in [-0.15, -0.1) is 0 Å². The smallest absolute Gasteiger partial charge is 0.261 e. The zero-order valence-corrected chi connectivity index (χ0v) is 14.3. The normalized spacial score (nSPS) is 13.1. The van der Waals surface area contributed by atoms with E-state index in [9.17, 15) is 19.5 Å². The summed E-state index contributed by atoms with van der Waals surface area (Å²) in [7, 11) is 0. The fourth-order valence-corrected chi connectivity index (χ4v) is 3.27. The summed E-state index contributed by atoms with van der Waals surface area (Å²) in [5.41, 5.74) is 1.30. The molecule has 27 heavy (non-hydrogen) atoms. The van der Waals surface area contributed by atoms with E-state index in [0.29, 0.717) is 27.6 Å². The van der Waals surface area contributed by atoms with E-state index in [-0.39, 0.29) is 36.4 Å². The summed E-state index contributed by atoms with van der Waals surface area (Å²) in [6.07, 6.45) is -0.0132. The van der Waals surface area contributed by atoms with Crippen molar-refractivity contribution in [3.8, 4) is 5.75 Å².